The molecule has 1 aliphatic rings. The lowest BCUT2D eigenvalue weighted by Gasteiger charge is -2.48. The van der Waals surface area contributed by atoms with Crippen LogP contribution in [0.1, 0.15) is 36.2 Å². The number of ether oxygens (including phenoxy) is 3. The molecule has 2 aromatic rings. The molecule has 1 N–H and O–H groups in total. The average Bonchev–Trinajstić information content (AvgIpc) is 2.76. The summed E-state index contributed by atoms with van der Waals surface area (Å²) < 4.78 is 16.3. The third-order valence-electron chi connectivity index (χ3n) is 5.27. The summed E-state index contributed by atoms with van der Waals surface area (Å²) in [6, 6.07) is 15.6. The normalized spacial score (nSPS) is 18.3. The summed E-state index contributed by atoms with van der Waals surface area (Å²) in [6.07, 6.45) is 0.710. The second-order valence-corrected chi connectivity index (χ2v) is 6.90. The van der Waals surface area contributed by atoms with Gasteiger partial charge in [-0.3, -0.25) is 4.79 Å². The van der Waals surface area contributed by atoms with E-state index in [1.165, 1.54) is 0 Å². The number of anilines is 1. The Bertz CT molecular complexity index is 809. The first-order chi connectivity index (χ1) is 14.2. The van der Waals surface area contributed by atoms with Crippen molar-refractivity contribution in [3.63, 3.8) is 0 Å². The summed E-state index contributed by atoms with van der Waals surface area (Å²) in [7, 11) is 1.65. The topological polar surface area (TPSA) is 60.0 Å². The van der Waals surface area contributed by atoms with Gasteiger partial charge in [0.05, 0.1) is 18.8 Å². The van der Waals surface area contributed by atoms with Crippen LogP contribution in [0.5, 0.6) is 5.75 Å². The highest BCUT2D eigenvalue weighted by molar-refractivity contribution is 6.02. The van der Waals surface area contributed by atoms with Crippen molar-refractivity contribution in [2.45, 2.75) is 25.9 Å². The number of rotatable bonds is 10. The van der Waals surface area contributed by atoms with E-state index in [-0.39, 0.29) is 5.91 Å². The van der Waals surface area contributed by atoms with Gasteiger partial charge in [0.15, 0.2) is 0 Å². The average molecular weight is 399 g/mol. The molecule has 6 nitrogen and oxygen atoms in total. The highest BCUT2D eigenvalue weighted by Gasteiger charge is 2.44. The van der Waals surface area contributed by atoms with Crippen LogP contribution in [0, 0.1) is 0 Å². The molecular formula is C23H30N2O4. The summed E-state index contributed by atoms with van der Waals surface area (Å²) in [5, 5.41) is 3.63. The van der Waals surface area contributed by atoms with Gasteiger partial charge >= 0.3 is 0 Å². The molecule has 1 heterocycles. The van der Waals surface area contributed by atoms with Gasteiger partial charge < -0.3 is 24.4 Å². The molecule has 3 rings (SSSR count). The maximum atomic E-state index is 13.3. The van der Waals surface area contributed by atoms with Crippen molar-refractivity contribution in [3.05, 3.63) is 59.7 Å². The van der Waals surface area contributed by atoms with Gasteiger partial charge in [0.2, 0.25) is 0 Å². The van der Waals surface area contributed by atoms with Gasteiger partial charge in [-0.15, -0.1) is 0 Å². The predicted molar refractivity (Wildman–Crippen MR) is 113 cm³/mol. The summed E-state index contributed by atoms with van der Waals surface area (Å²) >= 11 is 0. The fraction of sp³-hybridized carbons (Fsp3) is 0.435. The Balaban J connectivity index is 1.91. The molecular weight excluding hydrogens is 368 g/mol. The Morgan fingerprint density at radius 2 is 1.76 bits per heavy atom. The third-order valence-corrected chi connectivity index (χ3v) is 5.27. The van der Waals surface area contributed by atoms with Gasteiger partial charge in [-0.05, 0) is 43.2 Å². The van der Waals surface area contributed by atoms with Crippen LogP contribution in [0.15, 0.2) is 48.5 Å². The van der Waals surface area contributed by atoms with Crippen molar-refractivity contribution in [2.24, 2.45) is 0 Å². The summed E-state index contributed by atoms with van der Waals surface area (Å²) in [5.74, 6) is 0.793. The fourth-order valence-corrected chi connectivity index (χ4v) is 3.76. The van der Waals surface area contributed by atoms with Gasteiger partial charge in [0, 0.05) is 25.9 Å². The van der Waals surface area contributed by atoms with Crippen LogP contribution in [0.4, 0.5) is 5.69 Å². The van der Waals surface area contributed by atoms with E-state index in [9.17, 15) is 4.79 Å². The van der Waals surface area contributed by atoms with E-state index >= 15 is 0 Å². The Labute approximate surface area is 172 Å². The van der Waals surface area contributed by atoms with Crippen LogP contribution in [0.25, 0.3) is 0 Å². The minimum Gasteiger partial charge on any atom is -0.491 e. The van der Waals surface area contributed by atoms with E-state index in [0.29, 0.717) is 45.0 Å². The van der Waals surface area contributed by atoms with Crippen molar-refractivity contribution in [2.75, 3.05) is 45.4 Å². The molecule has 0 saturated heterocycles. The summed E-state index contributed by atoms with van der Waals surface area (Å²) in [4.78, 5) is 15.2. The van der Waals surface area contributed by atoms with Crippen LogP contribution in [-0.2, 0) is 15.1 Å². The zero-order chi connectivity index (χ0) is 20.7. The molecule has 0 bridgehead atoms. The molecule has 1 aliphatic heterocycles. The molecule has 0 aromatic heterocycles. The standard InChI is InChI=1S/C23H30N2O4/c1-4-23(18-10-12-19(13-11-18)29-17-16-28-5-2)24-21-9-7-6-8-20(21)22(26)25(23)14-15-27-3/h6-13,24H,4-5,14-17H2,1-3H3. The molecule has 1 unspecified atom stereocenters. The number of amides is 1. The van der Waals surface area contributed by atoms with Crippen molar-refractivity contribution in [3.8, 4) is 5.75 Å². The second kappa shape index (κ2) is 9.76. The number of nitrogens with zero attached hydrogens (tertiary/aromatic N) is 1. The van der Waals surface area contributed by atoms with Crippen LogP contribution >= 0.6 is 0 Å². The van der Waals surface area contributed by atoms with E-state index in [1.807, 2.05) is 60.4 Å². The minimum atomic E-state index is -0.645. The zero-order valence-corrected chi connectivity index (χ0v) is 17.4. The summed E-state index contributed by atoms with van der Waals surface area (Å²) in [6.45, 7) is 6.77. The summed E-state index contributed by atoms with van der Waals surface area (Å²) in [5.41, 5.74) is 1.90. The van der Waals surface area contributed by atoms with E-state index in [4.69, 9.17) is 14.2 Å². The Morgan fingerprint density at radius 3 is 2.45 bits per heavy atom. The highest BCUT2D eigenvalue weighted by Crippen LogP contribution is 2.40. The molecule has 1 atom stereocenters. The number of carbonyl (C=O) groups is 1. The molecule has 0 aliphatic carbocycles. The van der Waals surface area contributed by atoms with Crippen LogP contribution < -0.4 is 10.1 Å². The molecule has 0 spiro atoms. The maximum Gasteiger partial charge on any atom is 0.258 e. The molecule has 29 heavy (non-hydrogen) atoms. The Morgan fingerprint density at radius 1 is 1.00 bits per heavy atom. The predicted octanol–water partition coefficient (Wildman–Crippen LogP) is 3.88. The number of hydrogen-bond acceptors (Lipinski definition) is 5. The number of fused-ring (bicyclic) bond motifs is 1. The van der Waals surface area contributed by atoms with Crippen molar-refractivity contribution in [1.29, 1.82) is 0 Å². The largest absolute Gasteiger partial charge is 0.491 e. The molecule has 0 fully saturated rings. The monoisotopic (exact) mass is 398 g/mol. The molecule has 0 radical (unpaired) electrons. The molecule has 2 aromatic carbocycles. The van der Waals surface area contributed by atoms with Crippen LogP contribution in [-0.4, -0.2) is 50.9 Å². The lowest BCUT2D eigenvalue weighted by Crippen LogP contribution is -2.58. The quantitative estimate of drug-likeness (QED) is 0.616. The fourth-order valence-electron chi connectivity index (χ4n) is 3.76. The van der Waals surface area contributed by atoms with E-state index in [0.717, 1.165) is 17.0 Å². The van der Waals surface area contributed by atoms with E-state index in [1.54, 1.807) is 7.11 Å². The SMILES string of the molecule is CCOCCOc1ccc(C2(CC)Nc3ccccc3C(=O)N2CCOC)cc1. The maximum absolute atomic E-state index is 13.3. The van der Waals surface area contributed by atoms with Gasteiger partial charge in [0.25, 0.3) is 5.91 Å². The van der Waals surface area contributed by atoms with Crippen LogP contribution in [0.2, 0.25) is 0 Å². The third kappa shape index (κ3) is 4.38. The Kier molecular flexibility index (Phi) is 7.12. The lowest BCUT2D eigenvalue weighted by molar-refractivity contribution is 0.0381. The number of carbonyl (C=O) groups excluding carboxylic acids is 1. The molecule has 156 valence electrons. The van der Waals surface area contributed by atoms with Crippen molar-refractivity contribution >= 4 is 11.6 Å². The van der Waals surface area contributed by atoms with Crippen molar-refractivity contribution < 1.29 is 19.0 Å². The number of benzene rings is 2. The first kappa shape index (κ1) is 21.1. The molecule has 0 saturated carbocycles. The first-order valence-corrected chi connectivity index (χ1v) is 10.2. The number of para-hydroxylation sites is 1. The lowest BCUT2D eigenvalue weighted by atomic mass is 9.89. The van der Waals surface area contributed by atoms with Crippen LogP contribution in [0.3, 0.4) is 0 Å². The second-order valence-electron chi connectivity index (χ2n) is 6.90. The first-order valence-electron chi connectivity index (χ1n) is 10.2. The number of methoxy groups -OCH3 is 1. The van der Waals surface area contributed by atoms with Gasteiger partial charge in [-0.2, -0.15) is 0 Å². The van der Waals surface area contributed by atoms with Gasteiger partial charge in [-0.25, -0.2) is 0 Å². The zero-order valence-electron chi connectivity index (χ0n) is 17.4. The van der Waals surface area contributed by atoms with Crippen molar-refractivity contribution in [1.82, 2.24) is 4.90 Å². The van der Waals surface area contributed by atoms with Gasteiger partial charge in [-0.1, -0.05) is 31.2 Å². The molecule has 1 amide bonds. The number of hydrogen-bond donors (Lipinski definition) is 1. The Hall–Kier alpha value is -2.57. The minimum absolute atomic E-state index is 0.00953. The smallest absolute Gasteiger partial charge is 0.258 e. The highest BCUT2D eigenvalue weighted by atomic mass is 16.5. The number of nitrogens with one attached hydrogen (secondary N) is 1. The van der Waals surface area contributed by atoms with Gasteiger partial charge in [0.1, 0.15) is 18.0 Å². The van der Waals surface area contributed by atoms with E-state index < -0.39 is 5.66 Å². The molecule has 6 heteroatoms. The van der Waals surface area contributed by atoms with E-state index in [2.05, 4.69) is 12.2 Å².